The number of primary amides is 1. The van der Waals surface area contributed by atoms with Gasteiger partial charge in [0.25, 0.3) is 5.91 Å². The van der Waals surface area contributed by atoms with E-state index in [1.165, 1.54) is 0 Å². The molecule has 1 heterocycles. The Morgan fingerprint density at radius 1 is 1.00 bits per heavy atom. The van der Waals surface area contributed by atoms with Crippen molar-refractivity contribution in [3.05, 3.63) is 59.1 Å². The van der Waals surface area contributed by atoms with E-state index in [-0.39, 0.29) is 36.6 Å². The predicted octanol–water partition coefficient (Wildman–Crippen LogP) is 2.80. The van der Waals surface area contributed by atoms with Gasteiger partial charge in [-0.25, -0.2) is 0 Å². The van der Waals surface area contributed by atoms with Crippen molar-refractivity contribution in [2.75, 3.05) is 29.9 Å². The lowest BCUT2D eigenvalue weighted by Crippen LogP contribution is -2.38. The van der Waals surface area contributed by atoms with Crippen LogP contribution in [0.5, 0.6) is 0 Å². The van der Waals surface area contributed by atoms with Crippen molar-refractivity contribution in [3.8, 4) is 0 Å². The molecule has 0 spiro atoms. The average Bonchev–Trinajstić information content (AvgIpc) is 2.75. The normalized spacial score (nSPS) is 14.2. The van der Waals surface area contributed by atoms with Crippen LogP contribution in [-0.4, -0.2) is 37.4 Å². The third kappa shape index (κ3) is 5.97. The first kappa shape index (κ1) is 21.6. The van der Waals surface area contributed by atoms with E-state index in [0.717, 1.165) is 31.6 Å². The van der Waals surface area contributed by atoms with Crippen LogP contribution in [0.4, 0.5) is 11.4 Å². The Labute approximate surface area is 180 Å². The maximum absolute atomic E-state index is 12.1. The van der Waals surface area contributed by atoms with E-state index in [2.05, 4.69) is 15.5 Å². The molecule has 0 aliphatic carbocycles. The predicted molar refractivity (Wildman–Crippen MR) is 118 cm³/mol. The van der Waals surface area contributed by atoms with Crippen LogP contribution in [-0.2, 0) is 9.59 Å². The average molecular weight is 429 g/mol. The Bertz CT molecular complexity index is 892. The molecular weight excluding hydrogens is 404 g/mol. The number of nitrogens with zero attached hydrogens (tertiary/aromatic N) is 1. The molecule has 1 aliphatic rings. The zero-order valence-electron chi connectivity index (χ0n) is 16.6. The molecule has 0 aromatic heterocycles. The number of nitrogens with one attached hydrogen (secondary N) is 2. The van der Waals surface area contributed by atoms with E-state index in [1.54, 1.807) is 24.3 Å². The number of halogens is 1. The quantitative estimate of drug-likeness (QED) is 0.630. The van der Waals surface area contributed by atoms with Crippen LogP contribution in [0.2, 0.25) is 5.02 Å². The topological polar surface area (TPSA) is 105 Å². The molecule has 3 amide bonds. The van der Waals surface area contributed by atoms with Crippen LogP contribution in [0.3, 0.4) is 0 Å². The second-order valence-corrected chi connectivity index (χ2v) is 7.71. The number of carbonyl (C=O) groups is 3. The van der Waals surface area contributed by atoms with E-state index in [4.69, 9.17) is 17.3 Å². The summed E-state index contributed by atoms with van der Waals surface area (Å²) >= 11 is 5.81. The molecule has 2 aromatic rings. The molecule has 1 saturated heterocycles. The molecule has 0 bridgehead atoms. The Morgan fingerprint density at radius 3 is 2.23 bits per heavy atom. The molecule has 0 saturated carbocycles. The molecule has 7 nitrogen and oxygen atoms in total. The number of carbonyl (C=O) groups excluding carboxylic acids is 3. The molecule has 0 unspecified atom stereocenters. The van der Waals surface area contributed by atoms with Gasteiger partial charge in [0.15, 0.2) is 0 Å². The lowest BCUT2D eigenvalue weighted by Gasteiger charge is -2.32. The molecule has 158 valence electrons. The molecule has 8 heteroatoms. The highest BCUT2D eigenvalue weighted by Gasteiger charge is 2.23. The van der Waals surface area contributed by atoms with Crippen molar-refractivity contribution in [2.24, 2.45) is 11.7 Å². The zero-order valence-corrected chi connectivity index (χ0v) is 17.3. The van der Waals surface area contributed by atoms with Crippen molar-refractivity contribution in [3.63, 3.8) is 0 Å². The molecule has 30 heavy (non-hydrogen) atoms. The monoisotopic (exact) mass is 428 g/mol. The van der Waals surface area contributed by atoms with Gasteiger partial charge in [-0.3, -0.25) is 14.4 Å². The summed E-state index contributed by atoms with van der Waals surface area (Å²) in [6, 6.07) is 14.1. The Kier molecular flexibility index (Phi) is 7.30. The minimum absolute atomic E-state index is 0.0417. The lowest BCUT2D eigenvalue weighted by atomic mass is 9.96. The van der Waals surface area contributed by atoms with E-state index < -0.39 is 0 Å². The largest absolute Gasteiger partial charge is 0.371 e. The second kappa shape index (κ2) is 10.1. The van der Waals surface area contributed by atoms with E-state index >= 15 is 0 Å². The van der Waals surface area contributed by atoms with Crippen molar-refractivity contribution in [1.29, 1.82) is 0 Å². The van der Waals surface area contributed by atoms with Gasteiger partial charge < -0.3 is 21.3 Å². The Hall–Kier alpha value is -3.06. The molecule has 4 N–H and O–H groups in total. The smallest absolute Gasteiger partial charge is 0.251 e. The number of amides is 3. The summed E-state index contributed by atoms with van der Waals surface area (Å²) in [5.41, 5.74) is 7.62. The van der Waals surface area contributed by atoms with Gasteiger partial charge in [-0.1, -0.05) is 11.6 Å². The van der Waals surface area contributed by atoms with Gasteiger partial charge in [-0.15, -0.1) is 0 Å². The van der Waals surface area contributed by atoms with Crippen LogP contribution < -0.4 is 21.3 Å². The number of benzene rings is 2. The van der Waals surface area contributed by atoms with E-state index in [9.17, 15) is 14.4 Å². The van der Waals surface area contributed by atoms with Crippen LogP contribution >= 0.6 is 11.6 Å². The number of nitrogens with two attached hydrogens (primary N) is 1. The van der Waals surface area contributed by atoms with Crippen molar-refractivity contribution in [1.82, 2.24) is 5.32 Å². The standard InChI is InChI=1S/C22H25ClN4O3/c23-17-3-1-16(2-4-17)22(30)25-12-9-20(28)26-18-5-7-19(8-6-18)27-13-10-15(11-14-27)21(24)29/h1-8,15H,9-14H2,(H2,24,29)(H,25,30)(H,26,28). The van der Waals surface area contributed by atoms with Crippen molar-refractivity contribution >= 4 is 40.7 Å². The maximum Gasteiger partial charge on any atom is 0.251 e. The van der Waals surface area contributed by atoms with Crippen molar-refractivity contribution < 1.29 is 14.4 Å². The van der Waals surface area contributed by atoms with Gasteiger partial charge >= 0.3 is 0 Å². The molecule has 1 fully saturated rings. The number of hydrogen-bond acceptors (Lipinski definition) is 4. The number of piperidine rings is 1. The fourth-order valence-corrected chi connectivity index (χ4v) is 3.52. The SMILES string of the molecule is NC(=O)C1CCN(c2ccc(NC(=O)CCNC(=O)c3ccc(Cl)cc3)cc2)CC1. The summed E-state index contributed by atoms with van der Waals surface area (Å²) in [4.78, 5) is 37.6. The van der Waals surface area contributed by atoms with Crippen LogP contribution in [0.1, 0.15) is 29.6 Å². The Balaban J connectivity index is 1.41. The van der Waals surface area contributed by atoms with Gasteiger partial charge in [-0.05, 0) is 61.4 Å². The van der Waals surface area contributed by atoms with Gasteiger partial charge in [0.05, 0.1) is 0 Å². The summed E-state index contributed by atoms with van der Waals surface area (Å²) in [5, 5.41) is 6.11. The summed E-state index contributed by atoms with van der Waals surface area (Å²) in [5.74, 6) is -0.692. The molecule has 1 aliphatic heterocycles. The molecule has 0 atom stereocenters. The van der Waals surface area contributed by atoms with Crippen LogP contribution in [0.15, 0.2) is 48.5 Å². The zero-order chi connectivity index (χ0) is 21.5. The molecule has 0 radical (unpaired) electrons. The number of hydrogen-bond donors (Lipinski definition) is 3. The summed E-state index contributed by atoms with van der Waals surface area (Å²) in [6.45, 7) is 1.81. The molecular formula is C22H25ClN4O3. The third-order valence-electron chi connectivity index (χ3n) is 5.16. The van der Waals surface area contributed by atoms with Gasteiger partial charge in [0.2, 0.25) is 11.8 Å². The first-order valence-electron chi connectivity index (χ1n) is 9.90. The highest BCUT2D eigenvalue weighted by molar-refractivity contribution is 6.30. The number of rotatable bonds is 7. The minimum atomic E-state index is -0.246. The van der Waals surface area contributed by atoms with E-state index in [1.807, 2.05) is 24.3 Å². The second-order valence-electron chi connectivity index (χ2n) is 7.27. The molecule has 3 rings (SSSR count). The fraction of sp³-hybridized carbons (Fsp3) is 0.318. The summed E-state index contributed by atoms with van der Waals surface area (Å²) in [6.07, 6.45) is 1.69. The van der Waals surface area contributed by atoms with Gasteiger partial charge in [-0.2, -0.15) is 0 Å². The first-order valence-corrected chi connectivity index (χ1v) is 10.3. The fourth-order valence-electron chi connectivity index (χ4n) is 3.39. The first-order chi connectivity index (χ1) is 14.4. The van der Waals surface area contributed by atoms with E-state index in [0.29, 0.717) is 16.3 Å². The highest BCUT2D eigenvalue weighted by atomic mass is 35.5. The highest BCUT2D eigenvalue weighted by Crippen LogP contribution is 2.24. The maximum atomic E-state index is 12.1. The van der Waals surface area contributed by atoms with Crippen LogP contribution in [0.25, 0.3) is 0 Å². The van der Waals surface area contributed by atoms with Gasteiger partial charge in [0, 0.05) is 53.9 Å². The van der Waals surface area contributed by atoms with Crippen LogP contribution in [0, 0.1) is 5.92 Å². The Morgan fingerprint density at radius 2 is 1.63 bits per heavy atom. The molecule has 2 aromatic carbocycles. The summed E-state index contributed by atoms with van der Waals surface area (Å²) < 4.78 is 0. The minimum Gasteiger partial charge on any atom is -0.371 e. The number of anilines is 2. The van der Waals surface area contributed by atoms with Crippen molar-refractivity contribution in [2.45, 2.75) is 19.3 Å². The van der Waals surface area contributed by atoms with Gasteiger partial charge in [0.1, 0.15) is 0 Å². The third-order valence-corrected chi connectivity index (χ3v) is 5.41. The summed E-state index contributed by atoms with van der Waals surface area (Å²) in [7, 11) is 0. The lowest BCUT2D eigenvalue weighted by molar-refractivity contribution is -0.122.